The Morgan fingerprint density at radius 2 is 1.69 bits per heavy atom. The number of anilines is 1. The van der Waals surface area contributed by atoms with Gasteiger partial charge in [0, 0.05) is 17.9 Å². The summed E-state index contributed by atoms with van der Waals surface area (Å²) < 4.78 is 39.3. The van der Waals surface area contributed by atoms with E-state index in [4.69, 9.17) is 5.73 Å². The van der Waals surface area contributed by atoms with E-state index >= 15 is 0 Å². The van der Waals surface area contributed by atoms with Crippen LogP contribution in [0.3, 0.4) is 0 Å². The number of alkyl halides is 3. The topological polar surface area (TPSA) is 71.8 Å². The minimum Gasteiger partial charge on any atom is -0.369 e. The molecule has 0 spiro atoms. The number of nitrogen functional groups attached to an aromatic ring is 1. The summed E-state index contributed by atoms with van der Waals surface area (Å²) in [6.07, 6.45) is -0.719. The van der Waals surface area contributed by atoms with Crippen LogP contribution in [0.5, 0.6) is 0 Å². The van der Waals surface area contributed by atoms with Gasteiger partial charge in [0.15, 0.2) is 0 Å². The first-order valence-corrected chi connectivity index (χ1v) is 10.8. The Morgan fingerprint density at radius 1 is 1.03 bits per heavy atom. The van der Waals surface area contributed by atoms with Crippen molar-refractivity contribution in [2.24, 2.45) is 0 Å². The highest BCUT2D eigenvalue weighted by molar-refractivity contribution is 5.35. The number of rotatable bonds is 4. The fraction of sp³-hybridized carbons (Fsp3) is 0.360. The molecular formula is C25H26F3N3O. The minimum atomic E-state index is -4.43. The molecule has 0 aliphatic heterocycles. The number of nitrogens with one attached hydrogen (secondary N) is 1. The summed E-state index contributed by atoms with van der Waals surface area (Å²) >= 11 is 0. The average Bonchev–Trinajstić information content (AvgIpc) is 2.76. The standard InChI is InChI=1S/C25H26F3N3O/c1-15-5-7-17(8-6-15)18-9-11-19(12-10-18)22-21(23(32)31-24(29)30-22)14-16-3-2-4-20(13-16)25(26,27)28/h2-8,13,18-19H,9-12,14H2,1H3,(H3,29,30,31,32). The molecule has 3 aromatic rings. The average molecular weight is 441 g/mol. The van der Waals surface area contributed by atoms with Crippen LogP contribution < -0.4 is 11.3 Å². The molecule has 1 saturated carbocycles. The van der Waals surface area contributed by atoms with Crippen LogP contribution in [0.2, 0.25) is 0 Å². The third kappa shape index (κ3) is 4.87. The minimum absolute atomic E-state index is 0.0402. The predicted molar refractivity (Wildman–Crippen MR) is 119 cm³/mol. The highest BCUT2D eigenvalue weighted by Gasteiger charge is 2.31. The summed E-state index contributed by atoms with van der Waals surface area (Å²) in [7, 11) is 0. The zero-order chi connectivity index (χ0) is 22.9. The molecule has 0 amide bonds. The number of nitrogens with two attached hydrogens (primary N) is 1. The van der Waals surface area contributed by atoms with Crippen LogP contribution in [0.25, 0.3) is 0 Å². The van der Waals surface area contributed by atoms with Gasteiger partial charge in [0.25, 0.3) is 5.56 Å². The number of benzene rings is 2. The van der Waals surface area contributed by atoms with Crippen LogP contribution in [-0.2, 0) is 12.6 Å². The molecular weight excluding hydrogens is 415 g/mol. The summed E-state index contributed by atoms with van der Waals surface area (Å²) in [5, 5.41) is 0. The van der Waals surface area contributed by atoms with Crippen molar-refractivity contribution in [3.63, 3.8) is 0 Å². The van der Waals surface area contributed by atoms with Gasteiger partial charge in [-0.3, -0.25) is 9.78 Å². The third-order valence-corrected chi connectivity index (χ3v) is 6.36. The number of hydrogen-bond acceptors (Lipinski definition) is 3. The fourth-order valence-corrected chi connectivity index (χ4v) is 4.64. The normalized spacial score (nSPS) is 19.1. The monoisotopic (exact) mass is 441 g/mol. The van der Waals surface area contributed by atoms with Crippen LogP contribution in [0, 0.1) is 6.92 Å². The van der Waals surface area contributed by atoms with Gasteiger partial charge in [0.2, 0.25) is 5.95 Å². The van der Waals surface area contributed by atoms with Gasteiger partial charge in [-0.1, -0.05) is 48.0 Å². The lowest BCUT2D eigenvalue weighted by Gasteiger charge is -2.29. The predicted octanol–water partition coefficient (Wildman–Crippen LogP) is 5.71. The first-order valence-electron chi connectivity index (χ1n) is 10.8. The van der Waals surface area contributed by atoms with Crippen LogP contribution >= 0.6 is 0 Å². The van der Waals surface area contributed by atoms with Crippen molar-refractivity contribution in [2.75, 3.05) is 5.73 Å². The third-order valence-electron chi connectivity index (χ3n) is 6.36. The molecule has 3 N–H and O–H groups in total. The Hall–Kier alpha value is -3.09. The van der Waals surface area contributed by atoms with Crippen LogP contribution in [0.15, 0.2) is 53.3 Å². The molecule has 0 saturated heterocycles. The Labute approximate surface area is 184 Å². The Bertz CT molecular complexity index is 1140. The number of nitrogens with zero attached hydrogens (tertiary/aromatic N) is 1. The molecule has 0 radical (unpaired) electrons. The quantitative estimate of drug-likeness (QED) is 0.545. The summed E-state index contributed by atoms with van der Waals surface area (Å²) in [6.45, 7) is 2.07. The molecule has 4 nitrogen and oxygen atoms in total. The molecule has 0 atom stereocenters. The summed E-state index contributed by atoms with van der Waals surface area (Å²) in [5.74, 6) is 0.554. The van der Waals surface area contributed by atoms with Gasteiger partial charge in [0.1, 0.15) is 0 Å². The maximum atomic E-state index is 13.1. The molecule has 1 heterocycles. The molecule has 1 aliphatic carbocycles. The van der Waals surface area contributed by atoms with Gasteiger partial charge in [-0.15, -0.1) is 0 Å². The second-order valence-electron chi connectivity index (χ2n) is 8.65. The van der Waals surface area contributed by atoms with Crippen molar-refractivity contribution in [3.05, 3.63) is 92.4 Å². The van der Waals surface area contributed by atoms with E-state index in [2.05, 4.69) is 41.2 Å². The van der Waals surface area contributed by atoms with Gasteiger partial charge < -0.3 is 5.73 Å². The zero-order valence-corrected chi connectivity index (χ0v) is 17.9. The summed E-state index contributed by atoms with van der Waals surface area (Å²) in [6, 6.07) is 13.7. The second kappa shape index (κ2) is 8.81. The number of aromatic nitrogens is 2. The van der Waals surface area contributed by atoms with Crippen molar-refractivity contribution in [1.29, 1.82) is 0 Å². The molecule has 0 bridgehead atoms. The van der Waals surface area contributed by atoms with E-state index in [1.54, 1.807) is 6.07 Å². The van der Waals surface area contributed by atoms with E-state index in [9.17, 15) is 18.0 Å². The number of aryl methyl sites for hydroxylation is 1. The lowest BCUT2D eigenvalue weighted by Crippen LogP contribution is -2.24. The summed E-state index contributed by atoms with van der Waals surface area (Å²) in [4.78, 5) is 19.7. The van der Waals surface area contributed by atoms with Gasteiger partial charge in [-0.25, -0.2) is 4.98 Å². The molecule has 1 aromatic heterocycles. The highest BCUT2D eigenvalue weighted by atomic mass is 19.4. The van der Waals surface area contributed by atoms with E-state index in [0.717, 1.165) is 37.8 Å². The highest BCUT2D eigenvalue weighted by Crippen LogP contribution is 2.41. The van der Waals surface area contributed by atoms with Gasteiger partial charge in [0.05, 0.1) is 11.3 Å². The molecule has 32 heavy (non-hydrogen) atoms. The molecule has 1 fully saturated rings. The van der Waals surface area contributed by atoms with E-state index in [0.29, 0.717) is 22.7 Å². The van der Waals surface area contributed by atoms with E-state index in [1.165, 1.54) is 17.2 Å². The lowest BCUT2D eigenvalue weighted by atomic mass is 9.76. The SMILES string of the molecule is Cc1ccc(C2CCC(c3nc(N)[nH]c(=O)c3Cc3cccc(C(F)(F)F)c3)CC2)cc1. The Kier molecular flexibility index (Phi) is 6.09. The maximum absolute atomic E-state index is 13.1. The Balaban J connectivity index is 1.58. The number of halogens is 3. The van der Waals surface area contributed by atoms with E-state index in [-0.39, 0.29) is 23.8 Å². The number of hydrogen-bond donors (Lipinski definition) is 2. The molecule has 168 valence electrons. The first-order chi connectivity index (χ1) is 15.2. The maximum Gasteiger partial charge on any atom is 0.416 e. The van der Waals surface area contributed by atoms with E-state index < -0.39 is 11.7 Å². The van der Waals surface area contributed by atoms with Crippen molar-refractivity contribution >= 4 is 5.95 Å². The van der Waals surface area contributed by atoms with Gasteiger partial charge in [-0.05, 0) is 55.7 Å². The van der Waals surface area contributed by atoms with Crippen molar-refractivity contribution < 1.29 is 13.2 Å². The van der Waals surface area contributed by atoms with Crippen molar-refractivity contribution in [1.82, 2.24) is 9.97 Å². The first kappa shape index (κ1) is 22.1. The molecule has 4 rings (SSSR count). The van der Waals surface area contributed by atoms with Gasteiger partial charge >= 0.3 is 6.18 Å². The van der Waals surface area contributed by atoms with Crippen LogP contribution in [0.4, 0.5) is 19.1 Å². The molecule has 2 aromatic carbocycles. The fourth-order valence-electron chi connectivity index (χ4n) is 4.64. The van der Waals surface area contributed by atoms with Crippen LogP contribution in [-0.4, -0.2) is 9.97 Å². The molecule has 7 heteroatoms. The summed E-state index contributed by atoms with van der Waals surface area (Å²) in [5.41, 5.74) is 8.70. The molecule has 0 unspecified atom stereocenters. The Morgan fingerprint density at radius 3 is 2.34 bits per heavy atom. The smallest absolute Gasteiger partial charge is 0.369 e. The van der Waals surface area contributed by atoms with E-state index in [1.807, 2.05) is 0 Å². The lowest BCUT2D eigenvalue weighted by molar-refractivity contribution is -0.137. The number of aromatic amines is 1. The largest absolute Gasteiger partial charge is 0.416 e. The zero-order valence-electron chi connectivity index (χ0n) is 17.9. The number of H-pyrrole nitrogens is 1. The van der Waals surface area contributed by atoms with Gasteiger partial charge in [-0.2, -0.15) is 13.2 Å². The second-order valence-corrected chi connectivity index (χ2v) is 8.65. The van der Waals surface area contributed by atoms with Crippen LogP contribution in [0.1, 0.15) is 71.0 Å². The van der Waals surface area contributed by atoms with Crippen molar-refractivity contribution in [3.8, 4) is 0 Å². The van der Waals surface area contributed by atoms with Crippen molar-refractivity contribution in [2.45, 2.75) is 57.0 Å². The molecule has 1 aliphatic rings.